The van der Waals surface area contributed by atoms with E-state index in [1.807, 2.05) is 18.8 Å². The van der Waals surface area contributed by atoms with E-state index in [1.54, 1.807) is 11.3 Å². The number of rotatable bonds is 7. The maximum absolute atomic E-state index is 4.50. The van der Waals surface area contributed by atoms with E-state index in [0.717, 1.165) is 12.1 Å². The fourth-order valence-corrected chi connectivity index (χ4v) is 3.20. The van der Waals surface area contributed by atoms with Crippen molar-refractivity contribution in [2.75, 3.05) is 18.6 Å². The van der Waals surface area contributed by atoms with Crippen LogP contribution in [0.4, 0.5) is 0 Å². The van der Waals surface area contributed by atoms with Gasteiger partial charge in [0.05, 0.1) is 5.01 Å². The summed E-state index contributed by atoms with van der Waals surface area (Å²) in [6.07, 6.45) is 2.32. The van der Waals surface area contributed by atoms with Gasteiger partial charge in [-0.25, -0.2) is 4.98 Å². The zero-order valence-corrected chi connectivity index (χ0v) is 11.4. The van der Waals surface area contributed by atoms with E-state index in [9.17, 15) is 0 Å². The Hall–Kier alpha value is -0.0600. The summed E-state index contributed by atoms with van der Waals surface area (Å²) in [5, 5.41) is 6.74. The Kier molecular flexibility index (Phi) is 6.29. The summed E-state index contributed by atoms with van der Waals surface area (Å²) in [7, 11) is 2.04. The van der Waals surface area contributed by atoms with Gasteiger partial charge in [0.25, 0.3) is 0 Å². The monoisotopic (exact) mass is 244 g/mol. The standard InChI is InChI=1S/C11H20N2S2/c1-4-5-14-8-10(12-3)6-11-13-9(2)7-15-11/h7,10,12H,4-6,8H2,1-3H3. The quantitative estimate of drug-likeness (QED) is 0.747. The molecule has 1 aromatic rings. The highest BCUT2D eigenvalue weighted by molar-refractivity contribution is 7.99. The third-order valence-corrected chi connectivity index (χ3v) is 4.49. The van der Waals surface area contributed by atoms with Crippen molar-refractivity contribution in [2.24, 2.45) is 0 Å². The van der Waals surface area contributed by atoms with Crippen molar-refractivity contribution in [3.8, 4) is 0 Å². The molecule has 1 heterocycles. The van der Waals surface area contributed by atoms with Crippen LogP contribution in [0.5, 0.6) is 0 Å². The first-order chi connectivity index (χ1) is 7.26. The number of aromatic nitrogens is 1. The Morgan fingerprint density at radius 2 is 2.40 bits per heavy atom. The van der Waals surface area contributed by atoms with Gasteiger partial charge in [-0.3, -0.25) is 0 Å². The second kappa shape index (κ2) is 7.25. The molecule has 0 saturated heterocycles. The van der Waals surface area contributed by atoms with Gasteiger partial charge in [-0.15, -0.1) is 11.3 Å². The van der Waals surface area contributed by atoms with Gasteiger partial charge in [0.2, 0.25) is 0 Å². The van der Waals surface area contributed by atoms with Gasteiger partial charge in [-0.1, -0.05) is 6.92 Å². The predicted octanol–water partition coefficient (Wildman–Crippen LogP) is 2.73. The Morgan fingerprint density at radius 3 is 2.93 bits per heavy atom. The molecule has 4 heteroatoms. The molecule has 15 heavy (non-hydrogen) atoms. The van der Waals surface area contributed by atoms with Crippen LogP contribution < -0.4 is 5.32 Å². The minimum Gasteiger partial charge on any atom is -0.316 e. The van der Waals surface area contributed by atoms with Gasteiger partial charge in [0, 0.05) is 29.3 Å². The van der Waals surface area contributed by atoms with Crippen molar-refractivity contribution < 1.29 is 0 Å². The van der Waals surface area contributed by atoms with Crippen LogP contribution in [0.1, 0.15) is 24.0 Å². The molecule has 1 rings (SSSR count). The SMILES string of the molecule is CCCSCC(Cc1nc(C)cs1)NC. The molecule has 0 aromatic carbocycles. The second-order valence-electron chi connectivity index (χ2n) is 3.65. The lowest BCUT2D eigenvalue weighted by Gasteiger charge is -2.13. The molecule has 1 aromatic heterocycles. The molecule has 0 bridgehead atoms. The van der Waals surface area contributed by atoms with Crippen LogP contribution >= 0.6 is 23.1 Å². The molecule has 0 radical (unpaired) electrons. The molecule has 86 valence electrons. The van der Waals surface area contributed by atoms with E-state index < -0.39 is 0 Å². The topological polar surface area (TPSA) is 24.9 Å². The van der Waals surface area contributed by atoms with Crippen LogP contribution in [0, 0.1) is 6.92 Å². The lowest BCUT2D eigenvalue weighted by Crippen LogP contribution is -2.30. The lowest BCUT2D eigenvalue weighted by molar-refractivity contribution is 0.614. The molecule has 0 aliphatic heterocycles. The summed E-state index contributed by atoms with van der Waals surface area (Å²) in [6, 6.07) is 0.562. The Bertz CT molecular complexity index is 273. The van der Waals surface area contributed by atoms with Crippen molar-refractivity contribution in [1.82, 2.24) is 10.3 Å². The van der Waals surface area contributed by atoms with Gasteiger partial charge in [-0.05, 0) is 26.1 Å². The van der Waals surface area contributed by atoms with Crippen LogP contribution in [0.3, 0.4) is 0 Å². The lowest BCUT2D eigenvalue weighted by atomic mass is 10.2. The summed E-state index contributed by atoms with van der Waals surface area (Å²) in [6.45, 7) is 4.28. The Balaban J connectivity index is 2.33. The Morgan fingerprint density at radius 1 is 1.60 bits per heavy atom. The third kappa shape index (κ3) is 5.00. The molecule has 0 fully saturated rings. The van der Waals surface area contributed by atoms with E-state index in [0.29, 0.717) is 6.04 Å². The fourth-order valence-electron chi connectivity index (χ4n) is 1.32. The summed E-state index contributed by atoms with van der Waals surface area (Å²) < 4.78 is 0. The first-order valence-electron chi connectivity index (χ1n) is 5.42. The number of thioether (sulfide) groups is 1. The van der Waals surface area contributed by atoms with Crippen LogP contribution in [-0.2, 0) is 6.42 Å². The van der Waals surface area contributed by atoms with Crippen LogP contribution in [0.15, 0.2) is 5.38 Å². The van der Waals surface area contributed by atoms with Gasteiger partial charge in [-0.2, -0.15) is 11.8 Å². The molecule has 1 unspecified atom stereocenters. The summed E-state index contributed by atoms with van der Waals surface area (Å²) in [4.78, 5) is 4.50. The fraction of sp³-hybridized carbons (Fsp3) is 0.727. The van der Waals surface area contributed by atoms with Crippen LogP contribution in [-0.4, -0.2) is 29.6 Å². The predicted molar refractivity (Wildman–Crippen MR) is 71.0 cm³/mol. The van der Waals surface area contributed by atoms with Crippen molar-refractivity contribution >= 4 is 23.1 Å². The minimum atomic E-state index is 0.562. The van der Waals surface area contributed by atoms with Crippen LogP contribution in [0.2, 0.25) is 0 Å². The van der Waals surface area contributed by atoms with Crippen molar-refractivity contribution in [1.29, 1.82) is 0 Å². The maximum atomic E-state index is 4.50. The smallest absolute Gasteiger partial charge is 0.0943 e. The van der Waals surface area contributed by atoms with Gasteiger partial charge in [0.1, 0.15) is 0 Å². The van der Waals surface area contributed by atoms with Gasteiger partial charge in [0.15, 0.2) is 0 Å². The number of hydrogen-bond acceptors (Lipinski definition) is 4. The first-order valence-corrected chi connectivity index (χ1v) is 7.45. The molecule has 2 nitrogen and oxygen atoms in total. The largest absolute Gasteiger partial charge is 0.316 e. The first kappa shape index (κ1) is 13.0. The van der Waals surface area contributed by atoms with Gasteiger partial charge < -0.3 is 5.32 Å². The van der Waals surface area contributed by atoms with E-state index in [1.165, 1.54) is 22.9 Å². The summed E-state index contributed by atoms with van der Waals surface area (Å²) >= 11 is 3.80. The summed E-state index contributed by atoms with van der Waals surface area (Å²) in [5.41, 5.74) is 1.14. The number of likely N-dealkylation sites (N-methyl/N-ethyl adjacent to an activating group) is 1. The number of nitrogens with zero attached hydrogens (tertiary/aromatic N) is 1. The highest BCUT2D eigenvalue weighted by atomic mass is 32.2. The maximum Gasteiger partial charge on any atom is 0.0943 e. The number of hydrogen-bond donors (Lipinski definition) is 1. The van der Waals surface area contributed by atoms with Gasteiger partial charge >= 0.3 is 0 Å². The average Bonchev–Trinajstić information content (AvgIpc) is 2.63. The average molecular weight is 244 g/mol. The summed E-state index contributed by atoms with van der Waals surface area (Å²) in [5.74, 6) is 2.44. The van der Waals surface area contributed by atoms with Crippen LogP contribution in [0.25, 0.3) is 0 Å². The second-order valence-corrected chi connectivity index (χ2v) is 5.74. The van der Waals surface area contributed by atoms with E-state index >= 15 is 0 Å². The van der Waals surface area contributed by atoms with Crippen molar-refractivity contribution in [3.05, 3.63) is 16.1 Å². The number of aryl methyl sites for hydroxylation is 1. The van der Waals surface area contributed by atoms with Crippen molar-refractivity contribution in [3.63, 3.8) is 0 Å². The van der Waals surface area contributed by atoms with E-state index in [-0.39, 0.29) is 0 Å². The van der Waals surface area contributed by atoms with E-state index in [2.05, 4.69) is 29.5 Å². The van der Waals surface area contributed by atoms with Crippen molar-refractivity contribution in [2.45, 2.75) is 32.7 Å². The normalized spacial score (nSPS) is 13.0. The highest BCUT2D eigenvalue weighted by Gasteiger charge is 2.09. The molecule has 0 aliphatic rings. The third-order valence-electron chi connectivity index (χ3n) is 2.16. The molecule has 0 saturated carbocycles. The number of thiazole rings is 1. The minimum absolute atomic E-state index is 0.562. The molecule has 0 aliphatic carbocycles. The zero-order valence-electron chi connectivity index (χ0n) is 9.75. The molecule has 1 atom stereocenters. The van der Waals surface area contributed by atoms with E-state index in [4.69, 9.17) is 0 Å². The zero-order chi connectivity index (χ0) is 11.1. The highest BCUT2D eigenvalue weighted by Crippen LogP contribution is 2.13. The molecule has 1 N–H and O–H groups in total. The molecule has 0 amide bonds. The molecular weight excluding hydrogens is 224 g/mol. The molecular formula is C11H20N2S2. The Labute approximate surface area is 101 Å². The molecule has 0 spiro atoms. The number of nitrogens with one attached hydrogen (secondary N) is 1.